The van der Waals surface area contributed by atoms with Crippen molar-refractivity contribution < 1.29 is 0 Å². The summed E-state index contributed by atoms with van der Waals surface area (Å²) in [6, 6.07) is 7.09. The smallest absolute Gasteiger partial charge is 0.330 e. The zero-order valence-electron chi connectivity index (χ0n) is 19.6. The van der Waals surface area contributed by atoms with Crippen LogP contribution in [0.2, 0.25) is 0 Å². The standard InChI is InChI=1S/C18H39B3N6/c1-22(2)19(23(3)4)16-13-17(20(24(5)6)25(7)8)15-18(14-16)21(26(9)10)27(11)12/h13-15H,1-12H3. The molecule has 6 nitrogen and oxygen atoms in total. The van der Waals surface area contributed by atoms with Gasteiger partial charge in [-0.1, -0.05) is 18.2 Å². The Morgan fingerprint density at radius 2 is 0.519 bits per heavy atom. The lowest BCUT2D eigenvalue weighted by Gasteiger charge is -2.33. The fraction of sp³-hybridized carbons (Fsp3) is 0.667. The molecule has 0 radical (unpaired) electrons. The van der Waals surface area contributed by atoms with Crippen molar-refractivity contribution in [1.82, 2.24) is 28.9 Å². The lowest BCUT2D eigenvalue weighted by molar-refractivity contribution is 0.528. The van der Waals surface area contributed by atoms with E-state index in [2.05, 4.69) is 132 Å². The van der Waals surface area contributed by atoms with Gasteiger partial charge in [0, 0.05) is 0 Å². The fourth-order valence-corrected chi connectivity index (χ4v) is 4.32. The fourth-order valence-electron chi connectivity index (χ4n) is 4.32. The highest BCUT2D eigenvalue weighted by Crippen LogP contribution is 2.01. The highest BCUT2D eigenvalue weighted by molar-refractivity contribution is 6.74. The molecule has 1 rings (SSSR count). The van der Waals surface area contributed by atoms with Crippen LogP contribution in [0.5, 0.6) is 0 Å². The van der Waals surface area contributed by atoms with E-state index in [0.29, 0.717) is 0 Å². The summed E-state index contributed by atoms with van der Waals surface area (Å²) < 4.78 is 0. The van der Waals surface area contributed by atoms with Crippen molar-refractivity contribution in [3.05, 3.63) is 18.2 Å². The van der Waals surface area contributed by atoms with E-state index in [0.717, 1.165) is 0 Å². The minimum Gasteiger partial charge on any atom is -0.330 e. The molecule has 0 spiro atoms. The molecule has 0 fully saturated rings. The number of nitrogens with zero attached hydrogens (tertiary/aromatic N) is 6. The Hall–Kier alpha value is -0.825. The lowest BCUT2D eigenvalue weighted by Crippen LogP contribution is -2.62. The molecule has 150 valence electrons. The molecule has 0 unspecified atom stereocenters. The van der Waals surface area contributed by atoms with Crippen LogP contribution in [0, 0.1) is 0 Å². The van der Waals surface area contributed by atoms with Gasteiger partial charge in [0.15, 0.2) is 0 Å². The van der Waals surface area contributed by atoms with E-state index < -0.39 is 0 Å². The monoisotopic (exact) mass is 372 g/mol. The third kappa shape index (κ3) is 6.08. The molecule has 0 amide bonds. The average molecular weight is 372 g/mol. The van der Waals surface area contributed by atoms with Gasteiger partial charge in [-0.15, -0.1) is 0 Å². The van der Waals surface area contributed by atoms with E-state index >= 15 is 0 Å². The van der Waals surface area contributed by atoms with Gasteiger partial charge in [0.1, 0.15) is 0 Å². The average Bonchev–Trinajstić information content (AvgIpc) is 2.44. The maximum atomic E-state index is 2.36. The van der Waals surface area contributed by atoms with E-state index in [-0.39, 0.29) is 20.9 Å². The van der Waals surface area contributed by atoms with Gasteiger partial charge in [-0.05, 0) is 101 Å². The number of hydrogen-bond acceptors (Lipinski definition) is 6. The Morgan fingerprint density at radius 1 is 0.370 bits per heavy atom. The molecule has 1 aromatic carbocycles. The maximum Gasteiger partial charge on any atom is 0.345 e. The Balaban J connectivity index is 3.69. The van der Waals surface area contributed by atoms with Crippen molar-refractivity contribution >= 4 is 37.3 Å². The van der Waals surface area contributed by atoms with Crippen LogP contribution in [0.4, 0.5) is 0 Å². The van der Waals surface area contributed by atoms with Crippen LogP contribution in [0.3, 0.4) is 0 Å². The van der Waals surface area contributed by atoms with Crippen LogP contribution in [0.15, 0.2) is 18.2 Å². The maximum absolute atomic E-state index is 2.36. The Kier molecular flexibility index (Phi) is 9.05. The van der Waals surface area contributed by atoms with Crippen molar-refractivity contribution in [1.29, 1.82) is 0 Å². The molecule has 0 N–H and O–H groups in total. The van der Waals surface area contributed by atoms with Crippen LogP contribution in [0.25, 0.3) is 0 Å². The molecule has 0 atom stereocenters. The van der Waals surface area contributed by atoms with Gasteiger partial charge < -0.3 is 28.9 Å². The molecule has 0 aliphatic heterocycles. The third-order valence-electron chi connectivity index (χ3n) is 4.83. The van der Waals surface area contributed by atoms with Gasteiger partial charge in [0.05, 0.1) is 0 Å². The van der Waals surface area contributed by atoms with Crippen LogP contribution >= 0.6 is 0 Å². The summed E-state index contributed by atoms with van der Waals surface area (Å²) in [4.78, 5) is 13.6. The van der Waals surface area contributed by atoms with Crippen LogP contribution in [-0.4, -0.2) is 134 Å². The first-order valence-electron chi connectivity index (χ1n) is 9.51. The van der Waals surface area contributed by atoms with E-state index in [9.17, 15) is 0 Å². The number of hydrogen-bond donors (Lipinski definition) is 0. The number of rotatable bonds is 9. The molecular weight excluding hydrogens is 333 g/mol. The summed E-state index contributed by atoms with van der Waals surface area (Å²) in [5.74, 6) is 0. The molecule has 0 bridgehead atoms. The first-order valence-corrected chi connectivity index (χ1v) is 9.51. The minimum absolute atomic E-state index is 0.221. The topological polar surface area (TPSA) is 19.4 Å². The highest BCUT2D eigenvalue weighted by Gasteiger charge is 2.32. The minimum atomic E-state index is 0.221. The largest absolute Gasteiger partial charge is 0.345 e. The van der Waals surface area contributed by atoms with E-state index in [1.54, 1.807) is 0 Å². The highest BCUT2D eigenvalue weighted by atomic mass is 15.2. The van der Waals surface area contributed by atoms with Crippen LogP contribution < -0.4 is 16.4 Å². The molecular formula is C18H39B3N6. The first kappa shape index (κ1) is 24.2. The Morgan fingerprint density at radius 3 is 0.630 bits per heavy atom. The van der Waals surface area contributed by atoms with Gasteiger partial charge in [-0.2, -0.15) is 0 Å². The van der Waals surface area contributed by atoms with Gasteiger partial charge >= 0.3 is 20.9 Å². The van der Waals surface area contributed by atoms with Crippen LogP contribution in [-0.2, 0) is 0 Å². The predicted molar refractivity (Wildman–Crippen MR) is 125 cm³/mol. The molecule has 0 aromatic heterocycles. The molecule has 9 heteroatoms. The molecule has 27 heavy (non-hydrogen) atoms. The van der Waals surface area contributed by atoms with Crippen molar-refractivity contribution in [2.24, 2.45) is 0 Å². The van der Waals surface area contributed by atoms with Crippen molar-refractivity contribution in [3.8, 4) is 0 Å². The number of benzene rings is 1. The van der Waals surface area contributed by atoms with E-state index in [1.165, 1.54) is 16.4 Å². The van der Waals surface area contributed by atoms with Crippen molar-refractivity contribution in [2.75, 3.05) is 84.6 Å². The summed E-state index contributed by atoms with van der Waals surface area (Å²) in [5, 5.41) is 0. The Labute approximate surface area is 169 Å². The van der Waals surface area contributed by atoms with Crippen LogP contribution in [0.1, 0.15) is 0 Å². The summed E-state index contributed by atoms with van der Waals surface area (Å²) in [5.41, 5.74) is 3.96. The summed E-state index contributed by atoms with van der Waals surface area (Å²) >= 11 is 0. The van der Waals surface area contributed by atoms with E-state index in [4.69, 9.17) is 0 Å². The summed E-state index contributed by atoms with van der Waals surface area (Å²) in [7, 11) is 25.7. The molecule has 0 aliphatic carbocycles. The normalized spacial score (nSPS) is 12.2. The quantitative estimate of drug-likeness (QED) is 0.471. The molecule has 0 aliphatic rings. The first-order chi connectivity index (χ1) is 12.4. The second kappa shape index (κ2) is 10.1. The summed E-state index contributed by atoms with van der Waals surface area (Å²) in [6.07, 6.45) is 0. The third-order valence-corrected chi connectivity index (χ3v) is 4.83. The van der Waals surface area contributed by atoms with Crippen molar-refractivity contribution in [3.63, 3.8) is 0 Å². The molecule has 1 aromatic rings. The zero-order chi connectivity index (χ0) is 21.0. The van der Waals surface area contributed by atoms with Gasteiger partial charge in [-0.3, -0.25) is 0 Å². The van der Waals surface area contributed by atoms with Crippen molar-refractivity contribution in [2.45, 2.75) is 0 Å². The van der Waals surface area contributed by atoms with Gasteiger partial charge in [0.25, 0.3) is 0 Å². The summed E-state index contributed by atoms with van der Waals surface area (Å²) in [6.45, 7) is 0.663. The van der Waals surface area contributed by atoms with Gasteiger partial charge in [-0.25, -0.2) is 0 Å². The van der Waals surface area contributed by atoms with E-state index in [1.807, 2.05) is 0 Å². The molecule has 0 saturated carbocycles. The molecule has 0 saturated heterocycles. The predicted octanol–water partition coefficient (Wildman–Crippen LogP) is -1.86. The molecule has 0 heterocycles. The zero-order valence-corrected chi connectivity index (χ0v) is 19.6. The second-order valence-electron chi connectivity index (χ2n) is 8.84. The SMILES string of the molecule is CN(C)B(c1cc(B(N(C)C)N(C)C)cc(B(N(C)C)N(C)C)c1)N(C)C. The lowest BCUT2D eigenvalue weighted by atomic mass is 9.55. The second-order valence-corrected chi connectivity index (χ2v) is 8.84. The van der Waals surface area contributed by atoms with Gasteiger partial charge in [0.2, 0.25) is 0 Å². The Bertz CT molecular complexity index is 475.